The molecule has 11 heteroatoms. The smallest absolute Gasteiger partial charge is 0.339 e. The number of methoxy groups -OCH3 is 1. The fraction of sp³-hybridized carbons (Fsp3) is 0.182. The summed E-state index contributed by atoms with van der Waals surface area (Å²) >= 11 is 5.90. The van der Waals surface area contributed by atoms with E-state index in [9.17, 15) is 23.1 Å². The van der Waals surface area contributed by atoms with Crippen molar-refractivity contribution in [2.75, 3.05) is 17.1 Å². The maximum absolute atomic E-state index is 12.9. The second-order valence-corrected chi connectivity index (χ2v) is 9.19. The van der Waals surface area contributed by atoms with Gasteiger partial charge in [-0.2, -0.15) is 0 Å². The van der Waals surface area contributed by atoms with E-state index < -0.39 is 21.9 Å². The molecular formula is C22H22ClN3O6S. The van der Waals surface area contributed by atoms with Crippen molar-refractivity contribution in [2.45, 2.75) is 25.2 Å². The number of carbonyl (C=O) groups is 2. The zero-order valence-corrected chi connectivity index (χ0v) is 19.6. The van der Waals surface area contributed by atoms with Gasteiger partial charge in [-0.1, -0.05) is 24.6 Å². The number of aromatic hydroxyl groups is 1. The third-order valence-corrected chi connectivity index (χ3v) is 6.52. The van der Waals surface area contributed by atoms with E-state index >= 15 is 0 Å². The lowest BCUT2D eigenvalue weighted by Crippen LogP contribution is -2.16. The zero-order valence-electron chi connectivity index (χ0n) is 18.0. The summed E-state index contributed by atoms with van der Waals surface area (Å²) in [7, 11) is -2.79. The van der Waals surface area contributed by atoms with Gasteiger partial charge < -0.3 is 20.1 Å². The summed E-state index contributed by atoms with van der Waals surface area (Å²) in [5.74, 6) is -1.58. The Morgan fingerprint density at radius 3 is 2.55 bits per heavy atom. The Balaban J connectivity index is 1.91. The molecule has 0 bridgehead atoms. The van der Waals surface area contributed by atoms with E-state index in [1.165, 1.54) is 25.3 Å². The second-order valence-electron chi connectivity index (χ2n) is 7.07. The molecule has 0 saturated heterocycles. The van der Waals surface area contributed by atoms with E-state index in [0.29, 0.717) is 22.7 Å². The molecule has 0 aliphatic heterocycles. The summed E-state index contributed by atoms with van der Waals surface area (Å²) in [4.78, 5) is 27.7. The summed E-state index contributed by atoms with van der Waals surface area (Å²) in [5.41, 5.74) is 1.39. The number of H-pyrrole nitrogens is 1. The van der Waals surface area contributed by atoms with Crippen LogP contribution in [0.2, 0.25) is 5.02 Å². The summed E-state index contributed by atoms with van der Waals surface area (Å²) in [6.45, 7) is 3.40. The van der Waals surface area contributed by atoms with E-state index in [1.54, 1.807) is 19.1 Å². The number of ether oxygens (including phenoxy) is 1. The van der Waals surface area contributed by atoms with Gasteiger partial charge in [0.25, 0.3) is 15.9 Å². The molecule has 0 atom stereocenters. The van der Waals surface area contributed by atoms with Gasteiger partial charge in [-0.15, -0.1) is 0 Å². The summed E-state index contributed by atoms with van der Waals surface area (Å²) in [6, 6.07) is 9.65. The minimum atomic E-state index is -4.04. The molecule has 0 radical (unpaired) electrons. The Kier molecular flexibility index (Phi) is 6.99. The number of anilines is 2. The minimum Gasteiger partial charge on any atom is -0.506 e. The van der Waals surface area contributed by atoms with Crippen molar-refractivity contribution in [1.29, 1.82) is 0 Å². The number of carbonyl (C=O) groups excluding carboxylic acids is 2. The van der Waals surface area contributed by atoms with E-state index in [4.69, 9.17) is 16.3 Å². The number of rotatable bonds is 7. The van der Waals surface area contributed by atoms with Crippen LogP contribution in [-0.2, 0) is 21.2 Å². The average molecular weight is 492 g/mol. The van der Waals surface area contributed by atoms with Gasteiger partial charge >= 0.3 is 5.97 Å². The van der Waals surface area contributed by atoms with E-state index in [0.717, 1.165) is 12.1 Å². The van der Waals surface area contributed by atoms with Crippen molar-refractivity contribution in [1.82, 2.24) is 4.98 Å². The molecule has 3 rings (SSSR count). The molecule has 0 unspecified atom stereocenters. The Hall–Kier alpha value is -3.50. The van der Waals surface area contributed by atoms with Gasteiger partial charge in [-0.05, 0) is 55.3 Å². The van der Waals surface area contributed by atoms with Crippen molar-refractivity contribution in [2.24, 2.45) is 0 Å². The first-order valence-corrected chi connectivity index (χ1v) is 11.7. The Morgan fingerprint density at radius 2 is 1.91 bits per heavy atom. The third-order valence-electron chi connectivity index (χ3n) is 4.90. The SMILES string of the molecule is CCc1[nH]c(C(=O)Nc2cc(S(=O)(=O)Nc3cccc(Cl)c3)ccc2O)c(C)c1C(=O)OC. The predicted molar refractivity (Wildman–Crippen MR) is 125 cm³/mol. The summed E-state index contributed by atoms with van der Waals surface area (Å²) < 4.78 is 32.7. The highest BCUT2D eigenvalue weighted by Gasteiger charge is 2.25. The number of aryl methyl sites for hydroxylation is 1. The molecule has 1 amide bonds. The van der Waals surface area contributed by atoms with Crippen molar-refractivity contribution < 1.29 is 27.9 Å². The molecule has 0 aliphatic rings. The van der Waals surface area contributed by atoms with Crippen LogP contribution < -0.4 is 10.0 Å². The van der Waals surface area contributed by atoms with Crippen LogP contribution in [-0.4, -0.2) is 37.5 Å². The fourth-order valence-electron chi connectivity index (χ4n) is 3.26. The third kappa shape index (κ3) is 5.12. The van der Waals surface area contributed by atoms with Crippen LogP contribution in [0.4, 0.5) is 11.4 Å². The number of esters is 1. The number of hydrogen-bond donors (Lipinski definition) is 4. The maximum Gasteiger partial charge on any atom is 0.339 e. The molecule has 0 spiro atoms. The summed E-state index contributed by atoms with van der Waals surface area (Å²) in [6.07, 6.45) is 0.451. The highest BCUT2D eigenvalue weighted by molar-refractivity contribution is 7.92. The number of phenolic OH excluding ortho intramolecular Hbond substituents is 1. The largest absolute Gasteiger partial charge is 0.506 e. The number of aromatic amines is 1. The Morgan fingerprint density at radius 1 is 1.18 bits per heavy atom. The zero-order chi connectivity index (χ0) is 24.3. The lowest BCUT2D eigenvalue weighted by Gasteiger charge is -2.12. The van der Waals surface area contributed by atoms with Gasteiger partial charge in [0.2, 0.25) is 0 Å². The van der Waals surface area contributed by atoms with Crippen LogP contribution >= 0.6 is 11.6 Å². The molecule has 9 nitrogen and oxygen atoms in total. The lowest BCUT2D eigenvalue weighted by atomic mass is 10.1. The van der Waals surface area contributed by atoms with Crippen LogP contribution in [0.15, 0.2) is 47.4 Å². The quantitative estimate of drug-likeness (QED) is 0.290. The molecule has 0 fully saturated rings. The number of nitrogens with one attached hydrogen (secondary N) is 3. The normalized spacial score (nSPS) is 11.2. The fourth-order valence-corrected chi connectivity index (χ4v) is 4.53. The number of halogens is 1. The first-order chi connectivity index (χ1) is 15.6. The molecule has 1 heterocycles. The predicted octanol–water partition coefficient (Wildman–Crippen LogP) is 4.08. The van der Waals surface area contributed by atoms with Crippen LogP contribution in [0, 0.1) is 6.92 Å². The number of sulfonamides is 1. The van der Waals surface area contributed by atoms with Crippen LogP contribution in [0.5, 0.6) is 5.75 Å². The van der Waals surface area contributed by atoms with Crippen LogP contribution in [0.25, 0.3) is 0 Å². The van der Waals surface area contributed by atoms with Crippen molar-refractivity contribution in [3.05, 3.63) is 70.0 Å². The number of phenols is 1. The molecule has 33 heavy (non-hydrogen) atoms. The van der Waals surface area contributed by atoms with Crippen LogP contribution in [0.1, 0.15) is 39.0 Å². The standard InChI is InChI=1S/C22H22ClN3O6S/c1-4-16-19(22(29)32-3)12(2)20(24-16)21(28)25-17-11-15(8-9-18(17)27)33(30,31)26-14-7-5-6-13(23)10-14/h5-11,24,26-27H,4H2,1-3H3,(H,25,28). The van der Waals surface area contributed by atoms with Gasteiger partial charge in [0.15, 0.2) is 0 Å². The monoisotopic (exact) mass is 491 g/mol. The van der Waals surface area contributed by atoms with Crippen molar-refractivity contribution in [3.8, 4) is 5.75 Å². The molecule has 4 N–H and O–H groups in total. The lowest BCUT2D eigenvalue weighted by molar-refractivity contribution is 0.0599. The number of benzene rings is 2. The van der Waals surface area contributed by atoms with Gasteiger partial charge in [-0.25, -0.2) is 13.2 Å². The highest BCUT2D eigenvalue weighted by atomic mass is 35.5. The van der Waals surface area contributed by atoms with E-state index in [2.05, 4.69) is 15.0 Å². The minimum absolute atomic E-state index is 0.0944. The first kappa shape index (κ1) is 24.1. The topological polar surface area (TPSA) is 138 Å². The van der Waals surface area contributed by atoms with E-state index in [-0.39, 0.29) is 33.3 Å². The maximum atomic E-state index is 12.9. The van der Waals surface area contributed by atoms with Crippen molar-refractivity contribution in [3.63, 3.8) is 0 Å². The molecular weight excluding hydrogens is 470 g/mol. The molecule has 1 aromatic heterocycles. The average Bonchev–Trinajstić information content (AvgIpc) is 3.10. The summed E-state index contributed by atoms with van der Waals surface area (Å²) in [5, 5.41) is 13.0. The van der Waals surface area contributed by atoms with Gasteiger partial charge in [-0.3, -0.25) is 9.52 Å². The highest BCUT2D eigenvalue weighted by Crippen LogP contribution is 2.29. The van der Waals surface area contributed by atoms with Crippen molar-refractivity contribution >= 4 is 44.9 Å². The molecule has 3 aromatic rings. The van der Waals surface area contributed by atoms with Gasteiger partial charge in [0, 0.05) is 10.7 Å². The Bertz CT molecular complexity index is 1330. The molecule has 0 aliphatic carbocycles. The molecule has 174 valence electrons. The molecule has 2 aromatic carbocycles. The van der Waals surface area contributed by atoms with Crippen LogP contribution in [0.3, 0.4) is 0 Å². The van der Waals surface area contributed by atoms with Gasteiger partial charge in [0.05, 0.1) is 28.9 Å². The number of amides is 1. The van der Waals surface area contributed by atoms with E-state index in [1.807, 2.05) is 6.92 Å². The Labute approximate surface area is 195 Å². The number of hydrogen-bond acceptors (Lipinski definition) is 6. The number of aromatic nitrogens is 1. The molecule has 0 saturated carbocycles. The first-order valence-electron chi connectivity index (χ1n) is 9.79. The van der Waals surface area contributed by atoms with Gasteiger partial charge in [0.1, 0.15) is 11.4 Å². The second kappa shape index (κ2) is 9.55.